The third kappa shape index (κ3) is 2.71. The van der Waals surface area contributed by atoms with E-state index in [0.717, 1.165) is 32.5 Å². The Labute approximate surface area is 113 Å². The fourth-order valence-corrected chi connectivity index (χ4v) is 2.83. The van der Waals surface area contributed by atoms with Crippen LogP contribution in [0.3, 0.4) is 0 Å². The molecule has 1 aliphatic rings. The van der Waals surface area contributed by atoms with Crippen LogP contribution in [0.5, 0.6) is 0 Å². The molecule has 102 valence electrons. The Morgan fingerprint density at radius 3 is 3.11 bits per heavy atom. The van der Waals surface area contributed by atoms with Gasteiger partial charge in [0.1, 0.15) is 0 Å². The van der Waals surface area contributed by atoms with E-state index in [9.17, 15) is 0 Å². The second-order valence-electron chi connectivity index (χ2n) is 5.33. The molecule has 0 bridgehead atoms. The quantitative estimate of drug-likeness (QED) is 0.858. The van der Waals surface area contributed by atoms with E-state index in [1.54, 1.807) is 0 Å². The Hall–Kier alpha value is -1.62. The summed E-state index contributed by atoms with van der Waals surface area (Å²) in [7, 11) is 0. The van der Waals surface area contributed by atoms with Gasteiger partial charge in [-0.25, -0.2) is 4.98 Å². The number of rotatable bonds is 5. The number of nitrogens with one attached hydrogen (secondary N) is 2. The fourth-order valence-electron chi connectivity index (χ4n) is 2.83. The summed E-state index contributed by atoms with van der Waals surface area (Å²) in [4.78, 5) is 4.32. The Morgan fingerprint density at radius 2 is 2.37 bits per heavy atom. The van der Waals surface area contributed by atoms with Gasteiger partial charge in [0.2, 0.25) is 0 Å². The predicted octanol–water partition coefficient (Wildman–Crippen LogP) is 1.62. The number of hydrogen-bond acceptors (Lipinski definition) is 3. The first-order valence-electron chi connectivity index (χ1n) is 7.04. The van der Waals surface area contributed by atoms with Gasteiger partial charge in [0.25, 0.3) is 0 Å². The van der Waals surface area contributed by atoms with E-state index in [1.165, 1.54) is 23.4 Å². The summed E-state index contributed by atoms with van der Waals surface area (Å²) in [5.41, 5.74) is 3.89. The maximum absolute atomic E-state index is 4.32. The van der Waals surface area contributed by atoms with Crippen LogP contribution in [0.15, 0.2) is 18.7 Å². The molecule has 2 aromatic heterocycles. The largest absolute Gasteiger partial charge is 0.334 e. The monoisotopic (exact) mass is 259 g/mol. The van der Waals surface area contributed by atoms with Gasteiger partial charge in [-0.15, -0.1) is 0 Å². The van der Waals surface area contributed by atoms with Crippen LogP contribution in [-0.4, -0.2) is 32.8 Å². The van der Waals surface area contributed by atoms with Crippen LogP contribution in [0.1, 0.15) is 35.7 Å². The SMILES string of the molecule is Cc1[nH]ncc1CCCn1cncc1C1CCNC1. The molecular weight excluding hydrogens is 238 g/mol. The third-order valence-electron chi connectivity index (χ3n) is 4.00. The molecule has 1 saturated heterocycles. The van der Waals surface area contributed by atoms with Crippen molar-refractivity contribution in [3.8, 4) is 0 Å². The summed E-state index contributed by atoms with van der Waals surface area (Å²) >= 11 is 0. The van der Waals surface area contributed by atoms with Crippen molar-refractivity contribution in [2.75, 3.05) is 13.1 Å². The summed E-state index contributed by atoms with van der Waals surface area (Å²) in [6.07, 6.45) is 9.36. The lowest BCUT2D eigenvalue weighted by molar-refractivity contribution is 0.584. The minimum atomic E-state index is 0.637. The molecule has 0 spiro atoms. The number of imidazole rings is 1. The first-order chi connectivity index (χ1) is 9.34. The highest BCUT2D eigenvalue weighted by Crippen LogP contribution is 2.22. The number of aryl methyl sites for hydroxylation is 3. The molecule has 3 rings (SSSR count). The molecule has 19 heavy (non-hydrogen) atoms. The van der Waals surface area contributed by atoms with E-state index < -0.39 is 0 Å². The first kappa shape index (κ1) is 12.4. The average Bonchev–Trinajstić information content (AvgIpc) is 3.11. The molecule has 1 fully saturated rings. The highest BCUT2D eigenvalue weighted by Gasteiger charge is 2.19. The maximum atomic E-state index is 4.32. The molecule has 1 unspecified atom stereocenters. The predicted molar refractivity (Wildman–Crippen MR) is 74.1 cm³/mol. The summed E-state index contributed by atoms with van der Waals surface area (Å²) < 4.78 is 2.31. The van der Waals surface area contributed by atoms with Crippen LogP contribution >= 0.6 is 0 Å². The minimum Gasteiger partial charge on any atom is -0.334 e. The maximum Gasteiger partial charge on any atom is 0.0948 e. The second kappa shape index (κ2) is 5.57. The lowest BCUT2D eigenvalue weighted by atomic mass is 10.1. The van der Waals surface area contributed by atoms with Crippen LogP contribution in [0, 0.1) is 6.92 Å². The molecule has 5 heteroatoms. The van der Waals surface area contributed by atoms with Crippen LogP contribution in [-0.2, 0) is 13.0 Å². The fraction of sp³-hybridized carbons (Fsp3) is 0.571. The molecule has 0 amide bonds. The van der Waals surface area contributed by atoms with Crippen molar-refractivity contribution in [2.45, 2.75) is 38.6 Å². The molecule has 0 saturated carbocycles. The van der Waals surface area contributed by atoms with Gasteiger partial charge >= 0.3 is 0 Å². The Kier molecular flexibility index (Phi) is 3.64. The van der Waals surface area contributed by atoms with E-state index in [4.69, 9.17) is 0 Å². The van der Waals surface area contributed by atoms with Crippen molar-refractivity contribution in [1.82, 2.24) is 25.1 Å². The van der Waals surface area contributed by atoms with Crippen molar-refractivity contribution in [1.29, 1.82) is 0 Å². The molecule has 1 atom stereocenters. The van der Waals surface area contributed by atoms with Gasteiger partial charge < -0.3 is 9.88 Å². The van der Waals surface area contributed by atoms with Crippen molar-refractivity contribution in [3.63, 3.8) is 0 Å². The molecular formula is C14H21N5. The lowest BCUT2D eigenvalue weighted by Gasteiger charge is -2.12. The molecule has 3 heterocycles. The van der Waals surface area contributed by atoms with Crippen LogP contribution in [0.25, 0.3) is 0 Å². The van der Waals surface area contributed by atoms with Crippen LogP contribution in [0.4, 0.5) is 0 Å². The van der Waals surface area contributed by atoms with Crippen molar-refractivity contribution in [2.24, 2.45) is 0 Å². The van der Waals surface area contributed by atoms with E-state index in [-0.39, 0.29) is 0 Å². The van der Waals surface area contributed by atoms with Crippen molar-refractivity contribution >= 4 is 0 Å². The summed E-state index contributed by atoms with van der Waals surface area (Å²) in [5, 5.41) is 10.5. The van der Waals surface area contributed by atoms with E-state index in [1.807, 2.05) is 18.7 Å². The van der Waals surface area contributed by atoms with Crippen LogP contribution in [0.2, 0.25) is 0 Å². The molecule has 2 aromatic rings. The first-order valence-corrected chi connectivity index (χ1v) is 7.04. The highest BCUT2D eigenvalue weighted by atomic mass is 15.1. The topological polar surface area (TPSA) is 58.5 Å². The number of aromatic amines is 1. The van der Waals surface area contributed by atoms with Gasteiger partial charge in [-0.2, -0.15) is 5.10 Å². The highest BCUT2D eigenvalue weighted by molar-refractivity contribution is 5.14. The third-order valence-corrected chi connectivity index (χ3v) is 4.00. The number of hydrogen-bond donors (Lipinski definition) is 2. The van der Waals surface area contributed by atoms with E-state index >= 15 is 0 Å². The van der Waals surface area contributed by atoms with E-state index in [0.29, 0.717) is 5.92 Å². The second-order valence-corrected chi connectivity index (χ2v) is 5.33. The molecule has 2 N–H and O–H groups in total. The molecule has 1 aliphatic heterocycles. The smallest absolute Gasteiger partial charge is 0.0948 e. The van der Waals surface area contributed by atoms with Gasteiger partial charge in [-0.3, -0.25) is 5.10 Å². The summed E-state index contributed by atoms with van der Waals surface area (Å²) in [6, 6.07) is 0. The van der Waals surface area contributed by atoms with Gasteiger partial charge in [0.15, 0.2) is 0 Å². The zero-order chi connectivity index (χ0) is 13.1. The average molecular weight is 259 g/mol. The molecule has 5 nitrogen and oxygen atoms in total. The van der Waals surface area contributed by atoms with Crippen LogP contribution < -0.4 is 5.32 Å². The molecule has 0 radical (unpaired) electrons. The molecule has 0 aromatic carbocycles. The zero-order valence-electron chi connectivity index (χ0n) is 11.4. The zero-order valence-corrected chi connectivity index (χ0v) is 11.4. The van der Waals surface area contributed by atoms with Crippen molar-refractivity contribution < 1.29 is 0 Å². The van der Waals surface area contributed by atoms with Gasteiger partial charge in [0.05, 0.1) is 12.5 Å². The van der Waals surface area contributed by atoms with Gasteiger partial charge in [-0.05, 0) is 38.3 Å². The van der Waals surface area contributed by atoms with E-state index in [2.05, 4.69) is 32.0 Å². The number of H-pyrrole nitrogens is 1. The Morgan fingerprint density at radius 1 is 1.42 bits per heavy atom. The minimum absolute atomic E-state index is 0.637. The number of nitrogens with zero attached hydrogens (tertiary/aromatic N) is 3. The van der Waals surface area contributed by atoms with Gasteiger partial charge in [0, 0.05) is 36.6 Å². The number of aromatic nitrogens is 4. The normalized spacial score (nSPS) is 19.1. The standard InChI is InChI=1S/C14H21N5/c1-11-12(8-17-18-11)3-2-6-19-10-16-9-14(19)13-4-5-15-7-13/h8-10,13,15H,2-7H2,1H3,(H,17,18). The Bertz CT molecular complexity index is 521. The van der Waals surface area contributed by atoms with Crippen molar-refractivity contribution in [3.05, 3.63) is 35.7 Å². The summed E-state index contributed by atoms with van der Waals surface area (Å²) in [6.45, 7) is 5.34. The summed E-state index contributed by atoms with van der Waals surface area (Å²) in [5.74, 6) is 0.637. The Balaban J connectivity index is 1.58. The van der Waals surface area contributed by atoms with Gasteiger partial charge in [-0.1, -0.05) is 0 Å². The lowest BCUT2D eigenvalue weighted by Crippen LogP contribution is -2.12. The molecule has 0 aliphatic carbocycles.